The molecule has 1 nitrogen and oxygen atoms in total. The maximum Gasteiger partial charge on any atom is 0.168 e. The molecule has 2 rings (SSSR count). The van der Waals surface area contributed by atoms with E-state index in [1.54, 1.807) is 0 Å². The van der Waals surface area contributed by atoms with Gasteiger partial charge in [0, 0.05) is 15.5 Å². The zero-order chi connectivity index (χ0) is 10.2. The number of carbonyl (C=O) groups excluding carboxylic acids is 1. The second kappa shape index (κ2) is 3.50. The van der Waals surface area contributed by atoms with Crippen LogP contribution in [0.1, 0.15) is 36.5 Å². The second-order valence-corrected chi connectivity index (χ2v) is 5.17. The summed E-state index contributed by atoms with van der Waals surface area (Å²) < 4.78 is 0.978. The lowest BCUT2D eigenvalue weighted by atomic mass is 9.66. The summed E-state index contributed by atoms with van der Waals surface area (Å²) in [6.45, 7) is 2.07. The van der Waals surface area contributed by atoms with Crippen molar-refractivity contribution in [2.45, 2.75) is 26.2 Å². The Balaban J connectivity index is 2.27. The third kappa shape index (κ3) is 1.63. The van der Waals surface area contributed by atoms with Gasteiger partial charge in [0.25, 0.3) is 0 Å². The average molecular weight is 253 g/mol. The molecular formula is C12H13BrO. The van der Waals surface area contributed by atoms with Crippen LogP contribution in [0, 0.1) is 5.41 Å². The maximum absolute atomic E-state index is 12.1. The molecule has 0 heterocycles. The summed E-state index contributed by atoms with van der Waals surface area (Å²) in [5, 5.41) is 0. The first-order chi connectivity index (χ1) is 6.62. The van der Waals surface area contributed by atoms with Gasteiger partial charge in [0.15, 0.2) is 5.78 Å². The van der Waals surface area contributed by atoms with Crippen molar-refractivity contribution >= 4 is 21.7 Å². The van der Waals surface area contributed by atoms with Crippen molar-refractivity contribution in [3.8, 4) is 0 Å². The molecule has 1 aromatic carbocycles. The normalized spacial score (nSPS) is 18.7. The first-order valence-electron chi connectivity index (χ1n) is 4.92. The maximum atomic E-state index is 12.1. The lowest BCUT2D eigenvalue weighted by Crippen LogP contribution is -2.34. The highest BCUT2D eigenvalue weighted by Crippen LogP contribution is 2.43. The van der Waals surface area contributed by atoms with Gasteiger partial charge in [-0.3, -0.25) is 4.79 Å². The lowest BCUT2D eigenvalue weighted by Gasteiger charge is -2.36. The van der Waals surface area contributed by atoms with E-state index in [2.05, 4.69) is 22.9 Å². The smallest absolute Gasteiger partial charge is 0.168 e. The van der Waals surface area contributed by atoms with Gasteiger partial charge in [-0.25, -0.2) is 0 Å². The number of ketones is 1. The summed E-state index contributed by atoms with van der Waals surface area (Å²) in [6, 6.07) is 7.67. The number of hydrogen-bond donors (Lipinski definition) is 0. The lowest BCUT2D eigenvalue weighted by molar-refractivity contribution is 0.0664. The van der Waals surface area contributed by atoms with Crippen molar-refractivity contribution in [2.24, 2.45) is 5.41 Å². The monoisotopic (exact) mass is 252 g/mol. The van der Waals surface area contributed by atoms with Crippen LogP contribution in [0.15, 0.2) is 28.7 Å². The molecule has 14 heavy (non-hydrogen) atoms. The Morgan fingerprint density at radius 2 is 2.14 bits per heavy atom. The summed E-state index contributed by atoms with van der Waals surface area (Å²) in [4.78, 5) is 12.1. The molecule has 74 valence electrons. The SMILES string of the molecule is CC1(C(=O)c2cccc(Br)c2)CCC1. The van der Waals surface area contributed by atoms with E-state index in [9.17, 15) is 4.79 Å². The van der Waals surface area contributed by atoms with Crippen LogP contribution in [0.2, 0.25) is 0 Å². The fourth-order valence-corrected chi connectivity index (χ4v) is 2.31. The first kappa shape index (κ1) is 9.91. The fourth-order valence-electron chi connectivity index (χ4n) is 1.91. The van der Waals surface area contributed by atoms with E-state index >= 15 is 0 Å². The molecule has 1 aromatic rings. The van der Waals surface area contributed by atoms with Gasteiger partial charge in [-0.2, -0.15) is 0 Å². The van der Waals surface area contributed by atoms with Gasteiger partial charge in [0.1, 0.15) is 0 Å². The molecule has 0 radical (unpaired) electrons. The molecular weight excluding hydrogens is 240 g/mol. The van der Waals surface area contributed by atoms with E-state index in [0.29, 0.717) is 5.78 Å². The van der Waals surface area contributed by atoms with E-state index in [-0.39, 0.29) is 5.41 Å². The van der Waals surface area contributed by atoms with Gasteiger partial charge in [-0.1, -0.05) is 41.4 Å². The standard InChI is InChI=1S/C12H13BrO/c1-12(6-3-7-12)11(14)9-4-2-5-10(13)8-9/h2,4-5,8H,3,6-7H2,1H3. The van der Waals surface area contributed by atoms with E-state index in [0.717, 1.165) is 22.9 Å². The molecule has 0 saturated heterocycles. The summed E-state index contributed by atoms with van der Waals surface area (Å²) in [5.41, 5.74) is 0.752. The van der Waals surface area contributed by atoms with E-state index < -0.39 is 0 Å². The van der Waals surface area contributed by atoms with Gasteiger partial charge in [0.2, 0.25) is 0 Å². The molecule has 1 aliphatic rings. The Kier molecular flexibility index (Phi) is 2.48. The number of carbonyl (C=O) groups is 1. The molecule has 0 bridgehead atoms. The quantitative estimate of drug-likeness (QED) is 0.732. The van der Waals surface area contributed by atoms with Gasteiger partial charge in [-0.05, 0) is 25.0 Å². The highest BCUT2D eigenvalue weighted by molar-refractivity contribution is 9.10. The highest BCUT2D eigenvalue weighted by atomic mass is 79.9. The molecule has 0 atom stereocenters. The average Bonchev–Trinajstić information content (AvgIpc) is 2.13. The van der Waals surface area contributed by atoms with Crippen LogP contribution in [-0.4, -0.2) is 5.78 Å². The van der Waals surface area contributed by atoms with Crippen molar-refractivity contribution in [3.05, 3.63) is 34.3 Å². The van der Waals surface area contributed by atoms with Crippen molar-refractivity contribution in [3.63, 3.8) is 0 Å². The van der Waals surface area contributed by atoms with Gasteiger partial charge < -0.3 is 0 Å². The van der Waals surface area contributed by atoms with E-state index in [1.165, 1.54) is 6.42 Å². The molecule has 0 aromatic heterocycles. The number of benzene rings is 1. The van der Waals surface area contributed by atoms with Crippen LogP contribution in [0.3, 0.4) is 0 Å². The van der Waals surface area contributed by atoms with E-state index in [1.807, 2.05) is 24.3 Å². The minimum atomic E-state index is -0.0825. The van der Waals surface area contributed by atoms with Crippen LogP contribution in [0.25, 0.3) is 0 Å². The molecule has 0 unspecified atom stereocenters. The molecule has 0 N–H and O–H groups in total. The number of hydrogen-bond acceptors (Lipinski definition) is 1. The Morgan fingerprint density at radius 1 is 1.43 bits per heavy atom. The fraction of sp³-hybridized carbons (Fsp3) is 0.417. The predicted octanol–water partition coefficient (Wildman–Crippen LogP) is 3.82. The molecule has 1 saturated carbocycles. The number of halogens is 1. The molecule has 0 spiro atoms. The van der Waals surface area contributed by atoms with Crippen LogP contribution < -0.4 is 0 Å². The zero-order valence-electron chi connectivity index (χ0n) is 8.22. The zero-order valence-corrected chi connectivity index (χ0v) is 9.80. The summed E-state index contributed by atoms with van der Waals surface area (Å²) in [7, 11) is 0. The third-order valence-corrected chi connectivity index (χ3v) is 3.59. The summed E-state index contributed by atoms with van der Waals surface area (Å²) in [5.74, 6) is 0.296. The van der Waals surface area contributed by atoms with Crippen molar-refractivity contribution in [2.75, 3.05) is 0 Å². The molecule has 1 fully saturated rings. The molecule has 1 aliphatic carbocycles. The third-order valence-electron chi connectivity index (χ3n) is 3.09. The van der Waals surface area contributed by atoms with Crippen LogP contribution in [0.5, 0.6) is 0 Å². The second-order valence-electron chi connectivity index (χ2n) is 4.25. The molecule has 2 heteroatoms. The van der Waals surface area contributed by atoms with Gasteiger partial charge in [0.05, 0.1) is 0 Å². The van der Waals surface area contributed by atoms with Crippen LogP contribution in [-0.2, 0) is 0 Å². The van der Waals surface area contributed by atoms with E-state index in [4.69, 9.17) is 0 Å². The number of rotatable bonds is 2. The first-order valence-corrected chi connectivity index (χ1v) is 5.71. The molecule has 0 amide bonds. The number of Topliss-reactive ketones (excluding diaryl/α,β-unsaturated/α-hetero) is 1. The van der Waals surface area contributed by atoms with Gasteiger partial charge in [-0.15, -0.1) is 0 Å². The van der Waals surface area contributed by atoms with Crippen molar-refractivity contribution in [1.82, 2.24) is 0 Å². The van der Waals surface area contributed by atoms with Gasteiger partial charge >= 0.3 is 0 Å². The Labute approximate surface area is 92.6 Å². The van der Waals surface area contributed by atoms with Crippen LogP contribution in [0.4, 0.5) is 0 Å². The largest absolute Gasteiger partial charge is 0.294 e. The van der Waals surface area contributed by atoms with Crippen molar-refractivity contribution < 1.29 is 4.79 Å². The minimum Gasteiger partial charge on any atom is -0.294 e. The summed E-state index contributed by atoms with van der Waals surface area (Å²) in [6.07, 6.45) is 3.27. The topological polar surface area (TPSA) is 17.1 Å². The Bertz CT molecular complexity index is 366. The molecule has 0 aliphatic heterocycles. The summed E-state index contributed by atoms with van der Waals surface area (Å²) >= 11 is 3.38. The Hall–Kier alpha value is -0.630. The minimum absolute atomic E-state index is 0.0825. The predicted molar refractivity (Wildman–Crippen MR) is 60.4 cm³/mol. The Morgan fingerprint density at radius 3 is 2.64 bits per heavy atom. The van der Waals surface area contributed by atoms with Crippen molar-refractivity contribution in [1.29, 1.82) is 0 Å². The highest BCUT2D eigenvalue weighted by Gasteiger charge is 2.39. The van der Waals surface area contributed by atoms with Crippen LogP contribution >= 0.6 is 15.9 Å².